The third kappa shape index (κ3) is 2.56. The summed E-state index contributed by atoms with van der Waals surface area (Å²) >= 11 is 5.71. The molecule has 17 heavy (non-hydrogen) atoms. The number of aryl methyl sites for hydroxylation is 1. The molecule has 0 amide bonds. The molecular formula is C12H20BrN3S. The van der Waals surface area contributed by atoms with Crippen LogP contribution in [0.5, 0.6) is 0 Å². The van der Waals surface area contributed by atoms with Gasteiger partial charge in [-0.05, 0) is 48.0 Å². The standard InChI is InChI=1S/C12H20BrN3S/c1-4-14-11(12(2)6-5-7-17-12)10-9(13)8-15-16(10)3/h8,11,14H,4-7H2,1-3H3. The Hall–Kier alpha value is -0.000000000000000111. The van der Waals surface area contributed by atoms with Crippen molar-refractivity contribution in [1.29, 1.82) is 0 Å². The number of nitrogens with one attached hydrogen (secondary N) is 1. The molecule has 1 aliphatic heterocycles. The van der Waals surface area contributed by atoms with Gasteiger partial charge in [-0.15, -0.1) is 0 Å². The van der Waals surface area contributed by atoms with E-state index in [1.165, 1.54) is 24.3 Å². The van der Waals surface area contributed by atoms with Gasteiger partial charge in [0, 0.05) is 11.8 Å². The zero-order valence-corrected chi connectivity index (χ0v) is 13.1. The van der Waals surface area contributed by atoms with Gasteiger partial charge in [-0.3, -0.25) is 4.68 Å². The summed E-state index contributed by atoms with van der Waals surface area (Å²) in [6.07, 6.45) is 4.48. The molecule has 0 aromatic carbocycles. The van der Waals surface area contributed by atoms with Gasteiger partial charge in [-0.1, -0.05) is 6.92 Å². The maximum atomic E-state index is 4.34. The van der Waals surface area contributed by atoms with Crippen LogP contribution >= 0.6 is 27.7 Å². The molecule has 1 fully saturated rings. The number of nitrogens with zero attached hydrogens (tertiary/aromatic N) is 2. The minimum Gasteiger partial charge on any atom is -0.308 e. The Morgan fingerprint density at radius 2 is 2.47 bits per heavy atom. The predicted molar refractivity (Wildman–Crippen MR) is 77.4 cm³/mol. The fraction of sp³-hybridized carbons (Fsp3) is 0.750. The van der Waals surface area contributed by atoms with Crippen LogP contribution in [0.2, 0.25) is 0 Å². The number of rotatable bonds is 4. The van der Waals surface area contributed by atoms with Crippen LogP contribution in [0.3, 0.4) is 0 Å². The average molecular weight is 318 g/mol. The Kier molecular flexibility index (Phi) is 4.21. The van der Waals surface area contributed by atoms with Gasteiger partial charge in [-0.25, -0.2) is 0 Å². The normalized spacial score (nSPS) is 26.4. The molecule has 0 aliphatic carbocycles. The van der Waals surface area contributed by atoms with Crippen LogP contribution in [0.4, 0.5) is 0 Å². The van der Waals surface area contributed by atoms with Gasteiger partial charge in [0.15, 0.2) is 0 Å². The molecule has 1 saturated heterocycles. The molecule has 96 valence electrons. The SMILES string of the molecule is CCNC(c1c(Br)cnn1C)C1(C)CCCS1. The number of thioether (sulfide) groups is 1. The Morgan fingerprint density at radius 3 is 2.94 bits per heavy atom. The van der Waals surface area contributed by atoms with Crippen molar-refractivity contribution in [2.45, 2.75) is 37.5 Å². The largest absolute Gasteiger partial charge is 0.308 e. The molecule has 0 spiro atoms. The van der Waals surface area contributed by atoms with Crippen LogP contribution in [-0.2, 0) is 7.05 Å². The Morgan fingerprint density at radius 1 is 1.71 bits per heavy atom. The van der Waals surface area contributed by atoms with E-state index >= 15 is 0 Å². The van der Waals surface area contributed by atoms with Gasteiger partial charge in [-0.2, -0.15) is 16.9 Å². The first-order valence-corrected chi connectivity index (χ1v) is 7.91. The van der Waals surface area contributed by atoms with Gasteiger partial charge in [0.25, 0.3) is 0 Å². The summed E-state index contributed by atoms with van der Waals surface area (Å²) in [6, 6.07) is 0.363. The number of halogens is 1. The van der Waals surface area contributed by atoms with E-state index in [0.717, 1.165) is 11.0 Å². The first kappa shape index (κ1) is 13.4. The summed E-state index contributed by atoms with van der Waals surface area (Å²) in [5.74, 6) is 1.27. The Labute approximate surface area is 116 Å². The lowest BCUT2D eigenvalue weighted by Gasteiger charge is -2.34. The smallest absolute Gasteiger partial charge is 0.0706 e. The van der Waals surface area contributed by atoms with Gasteiger partial charge in [0.2, 0.25) is 0 Å². The number of aromatic nitrogens is 2. The highest BCUT2D eigenvalue weighted by molar-refractivity contribution is 9.10. The minimum atomic E-state index is 0.284. The average Bonchev–Trinajstić information content (AvgIpc) is 2.85. The molecule has 2 heterocycles. The maximum Gasteiger partial charge on any atom is 0.0706 e. The second-order valence-electron chi connectivity index (χ2n) is 4.76. The highest BCUT2D eigenvalue weighted by Gasteiger charge is 2.40. The molecule has 3 nitrogen and oxygen atoms in total. The molecule has 2 atom stereocenters. The van der Waals surface area contributed by atoms with Crippen LogP contribution < -0.4 is 5.32 Å². The first-order valence-electron chi connectivity index (χ1n) is 6.13. The molecule has 1 aliphatic rings. The van der Waals surface area contributed by atoms with E-state index in [1.54, 1.807) is 0 Å². The van der Waals surface area contributed by atoms with Crippen molar-refractivity contribution in [3.05, 3.63) is 16.4 Å². The van der Waals surface area contributed by atoms with Gasteiger partial charge in [0.1, 0.15) is 0 Å². The third-order valence-electron chi connectivity index (χ3n) is 3.48. The molecule has 0 saturated carbocycles. The van der Waals surface area contributed by atoms with Crippen LogP contribution in [0, 0.1) is 0 Å². The second-order valence-corrected chi connectivity index (χ2v) is 7.24. The van der Waals surface area contributed by atoms with Crippen LogP contribution in [0.1, 0.15) is 38.4 Å². The van der Waals surface area contributed by atoms with E-state index < -0.39 is 0 Å². The summed E-state index contributed by atoms with van der Waals surface area (Å²) in [4.78, 5) is 0. The van der Waals surface area contributed by atoms with E-state index in [0.29, 0.717) is 6.04 Å². The fourth-order valence-electron chi connectivity index (χ4n) is 2.58. The second kappa shape index (κ2) is 5.33. The lowest BCUT2D eigenvalue weighted by atomic mass is 9.93. The lowest BCUT2D eigenvalue weighted by Crippen LogP contribution is -2.39. The first-order chi connectivity index (χ1) is 8.08. The third-order valence-corrected chi connectivity index (χ3v) is 5.68. The van der Waals surface area contributed by atoms with E-state index in [4.69, 9.17) is 0 Å². The minimum absolute atomic E-state index is 0.284. The van der Waals surface area contributed by atoms with Gasteiger partial charge < -0.3 is 5.32 Å². The quantitative estimate of drug-likeness (QED) is 0.925. The number of hydrogen-bond acceptors (Lipinski definition) is 3. The van der Waals surface area contributed by atoms with Crippen molar-refractivity contribution in [3.8, 4) is 0 Å². The predicted octanol–water partition coefficient (Wildman–Crippen LogP) is 3.12. The summed E-state index contributed by atoms with van der Waals surface area (Å²) in [5.41, 5.74) is 1.27. The molecule has 2 rings (SSSR count). The van der Waals surface area contributed by atoms with Crippen LogP contribution in [0.25, 0.3) is 0 Å². The van der Waals surface area contributed by atoms with E-state index in [2.05, 4.69) is 52.0 Å². The highest BCUT2D eigenvalue weighted by Crippen LogP contribution is 2.47. The molecule has 5 heteroatoms. The van der Waals surface area contributed by atoms with Crippen molar-refractivity contribution < 1.29 is 0 Å². The Bertz CT molecular complexity index is 366. The van der Waals surface area contributed by atoms with E-state index in [1.807, 2.05) is 17.9 Å². The molecule has 0 radical (unpaired) electrons. The zero-order valence-electron chi connectivity index (χ0n) is 10.7. The van der Waals surface area contributed by atoms with Crippen LogP contribution in [-0.4, -0.2) is 26.8 Å². The van der Waals surface area contributed by atoms with Crippen molar-refractivity contribution in [2.24, 2.45) is 7.05 Å². The Balaban J connectivity index is 2.35. The molecule has 1 aromatic rings. The lowest BCUT2D eigenvalue weighted by molar-refractivity contribution is 0.399. The topological polar surface area (TPSA) is 29.9 Å². The zero-order chi connectivity index (χ0) is 12.5. The summed E-state index contributed by atoms with van der Waals surface area (Å²) in [5, 5.41) is 7.98. The molecular weight excluding hydrogens is 298 g/mol. The van der Waals surface area contributed by atoms with Crippen molar-refractivity contribution in [3.63, 3.8) is 0 Å². The van der Waals surface area contributed by atoms with Crippen LogP contribution in [0.15, 0.2) is 10.7 Å². The summed E-state index contributed by atoms with van der Waals surface area (Å²) in [7, 11) is 2.02. The van der Waals surface area contributed by atoms with Crippen molar-refractivity contribution in [2.75, 3.05) is 12.3 Å². The highest BCUT2D eigenvalue weighted by atomic mass is 79.9. The maximum absolute atomic E-state index is 4.34. The monoisotopic (exact) mass is 317 g/mol. The summed E-state index contributed by atoms with van der Waals surface area (Å²) in [6.45, 7) is 5.52. The molecule has 1 aromatic heterocycles. The fourth-order valence-corrected chi connectivity index (χ4v) is 4.56. The van der Waals surface area contributed by atoms with E-state index in [-0.39, 0.29) is 4.75 Å². The van der Waals surface area contributed by atoms with Crippen molar-refractivity contribution in [1.82, 2.24) is 15.1 Å². The number of hydrogen-bond donors (Lipinski definition) is 1. The van der Waals surface area contributed by atoms with Crippen molar-refractivity contribution >= 4 is 27.7 Å². The molecule has 1 N–H and O–H groups in total. The molecule has 2 unspecified atom stereocenters. The van der Waals surface area contributed by atoms with E-state index in [9.17, 15) is 0 Å². The van der Waals surface area contributed by atoms with Gasteiger partial charge in [0.05, 0.1) is 22.4 Å². The van der Waals surface area contributed by atoms with Gasteiger partial charge >= 0.3 is 0 Å². The summed E-state index contributed by atoms with van der Waals surface area (Å²) < 4.78 is 3.38. The molecule has 0 bridgehead atoms.